The lowest BCUT2D eigenvalue weighted by Crippen LogP contribution is -2.42. The number of likely N-dealkylation sites (tertiary alicyclic amines) is 1. The summed E-state index contributed by atoms with van der Waals surface area (Å²) in [5.74, 6) is -0.490. The van der Waals surface area contributed by atoms with Crippen LogP contribution in [0.5, 0.6) is 11.5 Å². The normalized spacial score (nSPS) is 15.6. The topological polar surface area (TPSA) is 105 Å². The van der Waals surface area contributed by atoms with E-state index < -0.39 is 17.9 Å². The highest BCUT2D eigenvalue weighted by atomic mass is 35.5. The molecule has 3 aromatic rings. The number of carboxylic acids is 1. The van der Waals surface area contributed by atoms with E-state index in [0.29, 0.717) is 30.2 Å². The van der Waals surface area contributed by atoms with Gasteiger partial charge in [-0.15, -0.1) is 0 Å². The zero-order valence-electron chi connectivity index (χ0n) is 20.9. The number of carboxylic acid groups (broad SMARTS) is 1. The number of amides is 2. The highest BCUT2D eigenvalue weighted by Crippen LogP contribution is 2.37. The van der Waals surface area contributed by atoms with Gasteiger partial charge in [-0.1, -0.05) is 59.6 Å². The van der Waals surface area contributed by atoms with Crippen LogP contribution in [-0.4, -0.2) is 53.7 Å². The molecule has 8 nitrogen and oxygen atoms in total. The first-order valence-electron chi connectivity index (χ1n) is 12.6. The Bertz CT molecular complexity index is 1380. The standard InChI is InChI=1S/C29H26Cl2N2O6/c30-21-4-2-5-22(31)25(21)27(34)32-23(29(36)37)15-17-7-9-18(10-8-17)19-11-13-33(14-12-19)28(35)20-3-1-6-24-26(20)39-16-38-24/h1-10,19,23H,11-16H2,(H,32,34)(H,36,37)/t23-/m0/s1. The molecule has 2 aliphatic heterocycles. The molecule has 2 heterocycles. The molecule has 0 unspecified atom stereocenters. The monoisotopic (exact) mass is 568 g/mol. The van der Waals surface area contributed by atoms with Gasteiger partial charge in [-0.25, -0.2) is 4.79 Å². The SMILES string of the molecule is O=C(N[C@@H](Cc1ccc(C2CCN(C(=O)c3cccc4c3OCO4)CC2)cc1)C(=O)O)c1c(Cl)cccc1Cl. The summed E-state index contributed by atoms with van der Waals surface area (Å²) in [5.41, 5.74) is 2.46. The van der Waals surface area contributed by atoms with E-state index in [4.69, 9.17) is 32.7 Å². The van der Waals surface area contributed by atoms with E-state index in [9.17, 15) is 19.5 Å². The molecule has 2 amide bonds. The van der Waals surface area contributed by atoms with Crippen molar-refractivity contribution in [2.75, 3.05) is 19.9 Å². The minimum atomic E-state index is -1.16. The average Bonchev–Trinajstić information content (AvgIpc) is 3.42. The van der Waals surface area contributed by atoms with Gasteiger partial charge >= 0.3 is 5.97 Å². The maximum Gasteiger partial charge on any atom is 0.326 e. The van der Waals surface area contributed by atoms with E-state index in [1.165, 1.54) is 12.1 Å². The summed E-state index contributed by atoms with van der Waals surface area (Å²) in [6.45, 7) is 1.36. The number of para-hydroxylation sites is 1. The molecule has 202 valence electrons. The van der Waals surface area contributed by atoms with Gasteiger partial charge < -0.3 is 24.8 Å². The smallest absolute Gasteiger partial charge is 0.326 e. The second-order valence-corrected chi connectivity index (χ2v) is 10.3. The van der Waals surface area contributed by atoms with Gasteiger partial charge in [0, 0.05) is 19.5 Å². The Morgan fingerprint density at radius 3 is 2.28 bits per heavy atom. The Labute approximate surface area is 235 Å². The van der Waals surface area contributed by atoms with E-state index in [0.717, 1.165) is 24.0 Å². The molecular formula is C29H26Cl2N2O6. The molecule has 0 aliphatic carbocycles. The maximum atomic E-state index is 13.1. The molecule has 3 aromatic carbocycles. The quantitative estimate of drug-likeness (QED) is 0.407. The highest BCUT2D eigenvalue weighted by molar-refractivity contribution is 6.39. The number of carbonyl (C=O) groups excluding carboxylic acids is 2. The summed E-state index contributed by atoms with van der Waals surface area (Å²) in [5, 5.41) is 12.5. The van der Waals surface area contributed by atoms with Gasteiger partial charge in [0.1, 0.15) is 6.04 Å². The number of hydrogen-bond acceptors (Lipinski definition) is 5. The van der Waals surface area contributed by atoms with Crippen LogP contribution in [0.4, 0.5) is 0 Å². The van der Waals surface area contributed by atoms with E-state index in [2.05, 4.69) is 5.32 Å². The van der Waals surface area contributed by atoms with Crippen LogP contribution in [0.15, 0.2) is 60.7 Å². The van der Waals surface area contributed by atoms with E-state index >= 15 is 0 Å². The largest absolute Gasteiger partial charge is 0.480 e. The summed E-state index contributed by atoms with van der Waals surface area (Å²) in [6, 6.07) is 16.6. The number of piperidine rings is 1. The molecule has 1 saturated heterocycles. The van der Waals surface area contributed by atoms with Crippen LogP contribution in [0, 0.1) is 0 Å². The fraction of sp³-hybridized carbons (Fsp3) is 0.276. The molecule has 0 aromatic heterocycles. The molecule has 10 heteroatoms. The lowest BCUT2D eigenvalue weighted by atomic mass is 9.88. The fourth-order valence-electron chi connectivity index (χ4n) is 4.99. The first-order valence-corrected chi connectivity index (χ1v) is 13.3. The summed E-state index contributed by atoms with van der Waals surface area (Å²) < 4.78 is 10.9. The Hall–Kier alpha value is -3.75. The van der Waals surface area contributed by atoms with Crippen molar-refractivity contribution in [3.05, 3.63) is 93.0 Å². The van der Waals surface area contributed by atoms with Crippen molar-refractivity contribution < 1.29 is 29.0 Å². The van der Waals surface area contributed by atoms with Crippen LogP contribution in [-0.2, 0) is 11.2 Å². The van der Waals surface area contributed by atoms with E-state index in [1.54, 1.807) is 24.3 Å². The van der Waals surface area contributed by atoms with Gasteiger partial charge in [0.25, 0.3) is 11.8 Å². The van der Waals surface area contributed by atoms with Crippen molar-refractivity contribution in [3.63, 3.8) is 0 Å². The van der Waals surface area contributed by atoms with Crippen molar-refractivity contribution in [2.45, 2.75) is 31.2 Å². The molecule has 2 aliphatic rings. The number of fused-ring (bicyclic) bond motifs is 1. The predicted molar refractivity (Wildman–Crippen MR) is 146 cm³/mol. The van der Waals surface area contributed by atoms with E-state index in [-0.39, 0.29) is 40.6 Å². The number of aliphatic carboxylic acids is 1. The highest BCUT2D eigenvalue weighted by Gasteiger charge is 2.29. The zero-order valence-corrected chi connectivity index (χ0v) is 22.4. The van der Waals surface area contributed by atoms with Crippen LogP contribution in [0.2, 0.25) is 10.0 Å². The second kappa shape index (κ2) is 11.6. The van der Waals surface area contributed by atoms with E-state index in [1.807, 2.05) is 29.2 Å². The Morgan fingerprint density at radius 2 is 1.62 bits per heavy atom. The Morgan fingerprint density at radius 1 is 0.949 bits per heavy atom. The van der Waals surface area contributed by atoms with Crippen molar-refractivity contribution in [2.24, 2.45) is 0 Å². The van der Waals surface area contributed by atoms with Gasteiger partial charge in [-0.3, -0.25) is 9.59 Å². The van der Waals surface area contributed by atoms with Crippen molar-refractivity contribution in [1.29, 1.82) is 0 Å². The number of hydrogen-bond donors (Lipinski definition) is 2. The molecule has 0 spiro atoms. The van der Waals surface area contributed by atoms with Gasteiger partial charge in [0.05, 0.1) is 21.2 Å². The Balaban J connectivity index is 1.19. The van der Waals surface area contributed by atoms with Crippen molar-refractivity contribution >= 4 is 41.0 Å². The number of benzene rings is 3. The third kappa shape index (κ3) is 5.82. The molecular weight excluding hydrogens is 543 g/mol. The average molecular weight is 569 g/mol. The van der Waals surface area contributed by atoms with Crippen LogP contribution >= 0.6 is 23.2 Å². The van der Waals surface area contributed by atoms with Gasteiger partial charge in [0.15, 0.2) is 11.5 Å². The number of ether oxygens (including phenoxy) is 2. The first-order chi connectivity index (χ1) is 18.8. The number of nitrogens with one attached hydrogen (secondary N) is 1. The van der Waals surface area contributed by atoms with Crippen molar-refractivity contribution in [3.8, 4) is 11.5 Å². The molecule has 0 radical (unpaired) electrons. The molecule has 2 N–H and O–H groups in total. The van der Waals surface area contributed by atoms with Crippen LogP contribution < -0.4 is 14.8 Å². The summed E-state index contributed by atoms with van der Waals surface area (Å²) >= 11 is 12.2. The molecule has 0 bridgehead atoms. The number of carbonyl (C=O) groups is 3. The van der Waals surface area contributed by atoms with Crippen molar-refractivity contribution in [1.82, 2.24) is 10.2 Å². The van der Waals surface area contributed by atoms with Crippen LogP contribution in [0.3, 0.4) is 0 Å². The van der Waals surface area contributed by atoms with Crippen LogP contribution in [0.25, 0.3) is 0 Å². The summed E-state index contributed by atoms with van der Waals surface area (Å²) in [4.78, 5) is 39.5. The second-order valence-electron chi connectivity index (χ2n) is 9.51. The molecule has 1 atom stereocenters. The summed E-state index contributed by atoms with van der Waals surface area (Å²) in [6.07, 6.45) is 1.72. The predicted octanol–water partition coefficient (Wildman–Crippen LogP) is 5.17. The van der Waals surface area contributed by atoms with Gasteiger partial charge in [-0.2, -0.15) is 0 Å². The number of rotatable bonds is 7. The van der Waals surface area contributed by atoms with Gasteiger partial charge in [-0.05, 0) is 54.2 Å². The fourth-order valence-corrected chi connectivity index (χ4v) is 5.56. The third-order valence-corrected chi connectivity index (χ3v) is 7.72. The van der Waals surface area contributed by atoms with Gasteiger partial charge in [0.2, 0.25) is 6.79 Å². The zero-order chi connectivity index (χ0) is 27.5. The molecule has 5 rings (SSSR count). The number of halogens is 2. The Kier molecular flexibility index (Phi) is 7.95. The molecule has 0 saturated carbocycles. The lowest BCUT2D eigenvalue weighted by Gasteiger charge is -2.32. The lowest BCUT2D eigenvalue weighted by molar-refractivity contribution is -0.139. The van der Waals surface area contributed by atoms with Crippen LogP contribution in [0.1, 0.15) is 50.6 Å². The number of nitrogens with zero attached hydrogens (tertiary/aromatic N) is 1. The first kappa shape index (κ1) is 26.8. The molecule has 1 fully saturated rings. The minimum Gasteiger partial charge on any atom is -0.480 e. The minimum absolute atomic E-state index is 0.0461. The third-order valence-electron chi connectivity index (χ3n) is 7.09. The molecule has 39 heavy (non-hydrogen) atoms. The maximum absolute atomic E-state index is 13.1. The summed E-state index contributed by atoms with van der Waals surface area (Å²) in [7, 11) is 0.